The molecule has 0 amide bonds. The quantitative estimate of drug-likeness (QED) is 0.863. The van der Waals surface area contributed by atoms with Gasteiger partial charge in [-0.15, -0.1) is 0 Å². The van der Waals surface area contributed by atoms with Crippen molar-refractivity contribution in [3.05, 3.63) is 59.9 Å². The summed E-state index contributed by atoms with van der Waals surface area (Å²) in [6, 6.07) is 16.0. The lowest BCUT2D eigenvalue weighted by atomic mass is 10.2. The summed E-state index contributed by atoms with van der Waals surface area (Å²) in [6.45, 7) is 2.91. The smallest absolute Gasteiger partial charge is 0.144 e. The Balaban J connectivity index is 1.56. The van der Waals surface area contributed by atoms with Crippen LogP contribution in [0.2, 0.25) is 0 Å². The molecule has 1 saturated heterocycles. The molecular formula is C17H17N3O. The van der Waals surface area contributed by atoms with Crippen molar-refractivity contribution in [1.82, 2.24) is 9.88 Å². The summed E-state index contributed by atoms with van der Waals surface area (Å²) in [7, 11) is 0. The van der Waals surface area contributed by atoms with Gasteiger partial charge in [0.15, 0.2) is 0 Å². The van der Waals surface area contributed by atoms with Gasteiger partial charge in [-0.3, -0.25) is 4.90 Å². The molecule has 2 aromatic rings. The lowest BCUT2D eigenvalue weighted by Gasteiger charge is -2.17. The lowest BCUT2D eigenvalue weighted by molar-refractivity contribution is 0.198. The lowest BCUT2D eigenvalue weighted by Crippen LogP contribution is -2.24. The minimum Gasteiger partial charge on any atom is -0.489 e. The number of hydrogen-bond acceptors (Lipinski definition) is 4. The number of ether oxygens (including phenoxy) is 1. The molecule has 4 heteroatoms. The molecule has 0 saturated carbocycles. The van der Waals surface area contributed by atoms with E-state index in [0.717, 1.165) is 31.8 Å². The van der Waals surface area contributed by atoms with Gasteiger partial charge in [-0.2, -0.15) is 5.26 Å². The standard InChI is InChI=1S/C17H17N3O/c18-11-15-10-16(6-8-19-15)21-17-7-9-20(13-17)12-14-4-2-1-3-5-14/h1-6,8,10,17H,7,9,12-13H2. The topological polar surface area (TPSA) is 49.1 Å². The zero-order valence-corrected chi connectivity index (χ0v) is 11.8. The monoisotopic (exact) mass is 279 g/mol. The molecule has 106 valence electrons. The molecule has 1 aromatic heterocycles. The van der Waals surface area contributed by atoms with Gasteiger partial charge in [-0.05, 0) is 18.1 Å². The highest BCUT2D eigenvalue weighted by atomic mass is 16.5. The molecule has 1 aromatic carbocycles. The number of likely N-dealkylation sites (tertiary alicyclic amines) is 1. The number of pyridine rings is 1. The Morgan fingerprint density at radius 3 is 2.95 bits per heavy atom. The van der Waals surface area contributed by atoms with Crippen molar-refractivity contribution in [2.45, 2.75) is 19.1 Å². The molecule has 0 spiro atoms. The third-order valence-electron chi connectivity index (χ3n) is 3.63. The van der Waals surface area contributed by atoms with Crippen LogP contribution in [0.25, 0.3) is 0 Å². The van der Waals surface area contributed by atoms with Crippen LogP contribution in [0.3, 0.4) is 0 Å². The molecule has 1 unspecified atom stereocenters. The predicted molar refractivity (Wildman–Crippen MR) is 79.7 cm³/mol. The fourth-order valence-electron chi connectivity index (χ4n) is 2.62. The van der Waals surface area contributed by atoms with Gasteiger partial charge >= 0.3 is 0 Å². The summed E-state index contributed by atoms with van der Waals surface area (Å²) in [5.74, 6) is 0.730. The van der Waals surface area contributed by atoms with Crippen molar-refractivity contribution < 1.29 is 4.74 Å². The van der Waals surface area contributed by atoms with E-state index in [9.17, 15) is 0 Å². The first-order chi connectivity index (χ1) is 10.3. The largest absolute Gasteiger partial charge is 0.489 e. The zero-order chi connectivity index (χ0) is 14.5. The maximum atomic E-state index is 8.85. The van der Waals surface area contributed by atoms with Crippen LogP contribution in [-0.2, 0) is 6.54 Å². The highest BCUT2D eigenvalue weighted by molar-refractivity contribution is 5.30. The first-order valence-corrected chi connectivity index (χ1v) is 7.12. The summed E-state index contributed by atoms with van der Waals surface area (Å²) in [5, 5.41) is 8.85. The molecule has 21 heavy (non-hydrogen) atoms. The summed E-state index contributed by atoms with van der Waals surface area (Å²) in [6.07, 6.45) is 2.81. The molecule has 0 N–H and O–H groups in total. The normalized spacial score (nSPS) is 18.3. The Bertz CT molecular complexity index is 636. The Kier molecular flexibility index (Phi) is 4.13. The molecule has 4 nitrogen and oxygen atoms in total. The number of nitrogens with zero attached hydrogens (tertiary/aromatic N) is 3. The molecule has 0 radical (unpaired) electrons. The molecule has 0 bridgehead atoms. The molecular weight excluding hydrogens is 262 g/mol. The van der Waals surface area contributed by atoms with E-state index in [4.69, 9.17) is 10.00 Å². The van der Waals surface area contributed by atoms with E-state index in [1.54, 1.807) is 18.3 Å². The van der Waals surface area contributed by atoms with Crippen molar-refractivity contribution in [3.8, 4) is 11.8 Å². The van der Waals surface area contributed by atoms with Crippen molar-refractivity contribution in [2.24, 2.45) is 0 Å². The van der Waals surface area contributed by atoms with Crippen LogP contribution in [-0.4, -0.2) is 29.1 Å². The molecule has 1 atom stereocenters. The van der Waals surface area contributed by atoms with Crippen molar-refractivity contribution in [3.63, 3.8) is 0 Å². The average molecular weight is 279 g/mol. The summed E-state index contributed by atoms with van der Waals surface area (Å²) in [5.41, 5.74) is 1.72. The van der Waals surface area contributed by atoms with Gasteiger partial charge < -0.3 is 4.74 Å². The number of benzene rings is 1. The van der Waals surface area contributed by atoms with Crippen LogP contribution in [0.1, 0.15) is 17.7 Å². The molecule has 3 rings (SSSR count). The van der Waals surface area contributed by atoms with Gasteiger partial charge in [-0.25, -0.2) is 4.98 Å². The first-order valence-electron chi connectivity index (χ1n) is 7.12. The van der Waals surface area contributed by atoms with Crippen LogP contribution in [0.5, 0.6) is 5.75 Å². The summed E-state index contributed by atoms with van der Waals surface area (Å²) < 4.78 is 5.95. The summed E-state index contributed by atoms with van der Waals surface area (Å²) in [4.78, 5) is 6.35. The van der Waals surface area contributed by atoms with Crippen LogP contribution < -0.4 is 4.74 Å². The van der Waals surface area contributed by atoms with E-state index in [0.29, 0.717) is 5.69 Å². The molecule has 1 aliphatic rings. The average Bonchev–Trinajstić information content (AvgIpc) is 2.95. The summed E-state index contributed by atoms with van der Waals surface area (Å²) >= 11 is 0. The van der Waals surface area contributed by atoms with E-state index in [-0.39, 0.29) is 6.10 Å². The minimum atomic E-state index is 0.183. The van der Waals surface area contributed by atoms with Gasteiger partial charge in [0, 0.05) is 31.9 Å². The SMILES string of the molecule is N#Cc1cc(OC2CCN(Cc3ccccc3)C2)ccn1. The molecule has 0 aliphatic carbocycles. The maximum Gasteiger partial charge on any atom is 0.144 e. The van der Waals surface area contributed by atoms with Crippen LogP contribution in [0.15, 0.2) is 48.7 Å². The number of hydrogen-bond donors (Lipinski definition) is 0. The Hall–Kier alpha value is -2.38. The molecule has 1 aliphatic heterocycles. The number of nitriles is 1. The fraction of sp³-hybridized carbons (Fsp3) is 0.294. The third-order valence-corrected chi connectivity index (χ3v) is 3.63. The second-order valence-corrected chi connectivity index (χ2v) is 5.24. The van der Waals surface area contributed by atoms with Crippen molar-refractivity contribution >= 4 is 0 Å². The maximum absolute atomic E-state index is 8.85. The van der Waals surface area contributed by atoms with E-state index >= 15 is 0 Å². The first kappa shape index (κ1) is 13.6. The second-order valence-electron chi connectivity index (χ2n) is 5.24. The van der Waals surface area contributed by atoms with Gasteiger partial charge in [0.1, 0.15) is 23.6 Å². The zero-order valence-electron chi connectivity index (χ0n) is 11.8. The van der Waals surface area contributed by atoms with E-state index in [2.05, 4.69) is 34.1 Å². The van der Waals surface area contributed by atoms with Gasteiger partial charge in [0.2, 0.25) is 0 Å². The highest BCUT2D eigenvalue weighted by Gasteiger charge is 2.23. The van der Waals surface area contributed by atoms with E-state index in [1.165, 1.54) is 5.56 Å². The Labute approximate surface area is 124 Å². The van der Waals surface area contributed by atoms with Crippen molar-refractivity contribution in [1.29, 1.82) is 5.26 Å². The van der Waals surface area contributed by atoms with Crippen molar-refractivity contribution in [2.75, 3.05) is 13.1 Å². The van der Waals surface area contributed by atoms with E-state index in [1.807, 2.05) is 12.1 Å². The van der Waals surface area contributed by atoms with Gasteiger partial charge in [0.05, 0.1) is 0 Å². The molecule has 1 fully saturated rings. The predicted octanol–water partition coefficient (Wildman–Crippen LogP) is 2.61. The Morgan fingerprint density at radius 1 is 1.29 bits per heavy atom. The van der Waals surface area contributed by atoms with Gasteiger partial charge in [0.25, 0.3) is 0 Å². The third kappa shape index (κ3) is 3.59. The van der Waals surface area contributed by atoms with Crippen LogP contribution in [0.4, 0.5) is 0 Å². The van der Waals surface area contributed by atoms with E-state index < -0.39 is 0 Å². The second kappa shape index (κ2) is 6.38. The minimum absolute atomic E-state index is 0.183. The Morgan fingerprint density at radius 2 is 2.14 bits per heavy atom. The fourth-order valence-corrected chi connectivity index (χ4v) is 2.62. The van der Waals surface area contributed by atoms with Crippen LogP contribution in [0, 0.1) is 11.3 Å². The van der Waals surface area contributed by atoms with Gasteiger partial charge in [-0.1, -0.05) is 30.3 Å². The van der Waals surface area contributed by atoms with Crippen LogP contribution >= 0.6 is 0 Å². The number of rotatable bonds is 4. The molecule has 2 heterocycles. The number of aromatic nitrogens is 1. The highest BCUT2D eigenvalue weighted by Crippen LogP contribution is 2.20.